The van der Waals surface area contributed by atoms with Crippen molar-refractivity contribution in [2.24, 2.45) is 5.73 Å². The molecule has 0 saturated heterocycles. The molecule has 0 aromatic carbocycles. The van der Waals surface area contributed by atoms with Crippen LogP contribution < -0.4 is 11.1 Å². The minimum absolute atomic E-state index is 0.0645. The topological polar surface area (TPSA) is 133 Å². The van der Waals surface area contributed by atoms with E-state index in [2.05, 4.69) is 15.4 Å². The number of rotatable bonds is 7. The Morgan fingerprint density at radius 3 is 2.83 bits per heavy atom. The van der Waals surface area contributed by atoms with Crippen molar-refractivity contribution < 1.29 is 18.8 Å². The van der Waals surface area contributed by atoms with E-state index in [0.717, 1.165) is 5.39 Å². The van der Waals surface area contributed by atoms with Crippen LogP contribution in [-0.2, 0) is 16.0 Å². The molecule has 9 nitrogen and oxygen atoms in total. The van der Waals surface area contributed by atoms with Gasteiger partial charge in [0.25, 0.3) is 11.8 Å². The summed E-state index contributed by atoms with van der Waals surface area (Å²) >= 11 is 1.41. The van der Waals surface area contributed by atoms with Gasteiger partial charge >= 0.3 is 0 Å². The molecule has 0 aliphatic heterocycles. The lowest BCUT2D eigenvalue weighted by Gasteiger charge is -2.16. The molecule has 0 bridgehead atoms. The molecule has 0 radical (unpaired) electrons. The van der Waals surface area contributed by atoms with E-state index in [9.17, 15) is 14.4 Å². The number of furan rings is 1. The van der Waals surface area contributed by atoms with Crippen LogP contribution in [0.4, 0.5) is 0 Å². The fourth-order valence-electron chi connectivity index (χ4n) is 2.94. The minimum Gasteiger partial charge on any atom is -0.453 e. The van der Waals surface area contributed by atoms with Gasteiger partial charge in [-0.05, 0) is 29.6 Å². The fraction of sp³-hybridized carbons (Fsp3) is 0.105. The molecular weight excluding hydrogens is 394 g/mol. The number of hydrogen-bond acceptors (Lipinski definition) is 7. The van der Waals surface area contributed by atoms with Crippen LogP contribution in [0.25, 0.3) is 16.1 Å². The first kappa shape index (κ1) is 18.6. The molecule has 0 fully saturated rings. The molecule has 0 saturated carbocycles. The predicted octanol–water partition coefficient (Wildman–Crippen LogP) is 1.47. The minimum atomic E-state index is -1.15. The second kappa shape index (κ2) is 7.68. The van der Waals surface area contributed by atoms with Gasteiger partial charge in [-0.25, -0.2) is 9.67 Å². The first-order valence-electron chi connectivity index (χ1n) is 8.58. The van der Waals surface area contributed by atoms with Crippen LogP contribution in [0.15, 0.2) is 58.8 Å². The number of nitrogens with zero attached hydrogens (tertiary/aromatic N) is 3. The number of aromatic nitrogens is 3. The quantitative estimate of drug-likeness (QED) is 0.444. The van der Waals surface area contributed by atoms with Crippen molar-refractivity contribution in [3.63, 3.8) is 0 Å². The third-order valence-electron chi connectivity index (χ3n) is 4.31. The largest absolute Gasteiger partial charge is 0.453 e. The first-order valence-corrected chi connectivity index (χ1v) is 9.46. The Morgan fingerprint density at radius 2 is 2.07 bits per heavy atom. The van der Waals surface area contributed by atoms with Crippen LogP contribution in [0, 0.1) is 0 Å². The van der Waals surface area contributed by atoms with Crippen molar-refractivity contribution in [3.8, 4) is 5.82 Å². The van der Waals surface area contributed by atoms with Gasteiger partial charge in [0.05, 0.1) is 12.5 Å². The Balaban J connectivity index is 1.61. The number of thiophene rings is 1. The Morgan fingerprint density at radius 1 is 1.21 bits per heavy atom. The lowest BCUT2D eigenvalue weighted by Crippen LogP contribution is -2.47. The maximum Gasteiger partial charge on any atom is 0.287 e. The number of nitrogens with two attached hydrogens (primary N) is 1. The molecule has 29 heavy (non-hydrogen) atoms. The lowest BCUT2D eigenvalue weighted by molar-refractivity contribution is -0.137. The van der Waals surface area contributed by atoms with E-state index in [0.29, 0.717) is 16.3 Å². The van der Waals surface area contributed by atoms with E-state index in [1.807, 2.05) is 11.4 Å². The summed E-state index contributed by atoms with van der Waals surface area (Å²) in [6, 6.07) is 7.38. The summed E-state index contributed by atoms with van der Waals surface area (Å²) in [5.74, 6) is -2.17. The average Bonchev–Trinajstić information content (AvgIpc) is 3.45. The van der Waals surface area contributed by atoms with E-state index in [4.69, 9.17) is 10.2 Å². The number of amides is 2. The summed E-state index contributed by atoms with van der Waals surface area (Å²) < 4.78 is 6.78. The predicted molar refractivity (Wildman–Crippen MR) is 105 cm³/mol. The maximum absolute atomic E-state index is 12.9. The van der Waals surface area contributed by atoms with Crippen molar-refractivity contribution in [2.45, 2.75) is 12.5 Å². The highest BCUT2D eigenvalue weighted by Gasteiger charge is 2.28. The molecule has 4 aromatic heterocycles. The van der Waals surface area contributed by atoms with Gasteiger partial charge in [0.15, 0.2) is 10.7 Å². The van der Waals surface area contributed by atoms with Gasteiger partial charge in [0.2, 0.25) is 5.78 Å². The highest BCUT2D eigenvalue weighted by molar-refractivity contribution is 7.16. The van der Waals surface area contributed by atoms with Gasteiger partial charge in [0.1, 0.15) is 11.7 Å². The summed E-state index contributed by atoms with van der Waals surface area (Å²) in [7, 11) is 0. The molecule has 4 rings (SSSR count). The normalized spacial score (nSPS) is 12.0. The number of fused-ring (bicyclic) bond motifs is 1. The van der Waals surface area contributed by atoms with Gasteiger partial charge in [-0.2, -0.15) is 5.10 Å². The average molecular weight is 409 g/mol. The number of carbonyl (C=O) groups is 3. The fourth-order valence-corrected chi connectivity index (χ4v) is 3.70. The van der Waals surface area contributed by atoms with Crippen LogP contribution in [0.2, 0.25) is 0 Å². The Kier molecular flexibility index (Phi) is 4.92. The number of pyridine rings is 1. The molecule has 4 heterocycles. The number of Topliss-reactive ketones (excluding diaryl/α,β-unsaturated/α-hetero) is 1. The number of hydrogen-bond donors (Lipinski definition) is 2. The van der Waals surface area contributed by atoms with Crippen molar-refractivity contribution in [1.82, 2.24) is 20.1 Å². The van der Waals surface area contributed by atoms with Gasteiger partial charge in [-0.1, -0.05) is 6.07 Å². The Hall–Kier alpha value is -3.79. The van der Waals surface area contributed by atoms with Crippen molar-refractivity contribution in [3.05, 3.63) is 65.6 Å². The summed E-state index contributed by atoms with van der Waals surface area (Å²) in [5.41, 5.74) is 6.04. The number of carbonyl (C=O) groups excluding carboxylic acids is 3. The number of nitrogens with one attached hydrogen (secondary N) is 1. The number of ketones is 1. The number of primary amides is 1. The molecule has 0 aliphatic carbocycles. The van der Waals surface area contributed by atoms with E-state index in [1.54, 1.807) is 24.4 Å². The molecule has 0 spiro atoms. The molecule has 0 aliphatic rings. The highest BCUT2D eigenvalue weighted by atomic mass is 32.1. The van der Waals surface area contributed by atoms with Crippen molar-refractivity contribution in [2.75, 3.05) is 0 Å². The third-order valence-corrected chi connectivity index (χ3v) is 5.12. The molecule has 3 N–H and O–H groups in total. The summed E-state index contributed by atoms with van der Waals surface area (Å²) in [6.07, 6.45) is 4.59. The van der Waals surface area contributed by atoms with Gasteiger partial charge < -0.3 is 15.5 Å². The molecule has 4 aromatic rings. The van der Waals surface area contributed by atoms with Crippen LogP contribution in [-0.4, -0.2) is 38.4 Å². The maximum atomic E-state index is 12.9. The lowest BCUT2D eigenvalue weighted by atomic mass is 10.0. The second-order valence-corrected chi connectivity index (χ2v) is 7.04. The van der Waals surface area contributed by atoms with E-state index in [1.165, 1.54) is 34.5 Å². The highest BCUT2D eigenvalue weighted by Crippen LogP contribution is 2.27. The first-order chi connectivity index (χ1) is 14.0. The zero-order chi connectivity index (χ0) is 20.4. The molecule has 146 valence electrons. The molecule has 1 atom stereocenters. The zero-order valence-electron chi connectivity index (χ0n) is 14.9. The molecular formula is C19H15N5O4S. The van der Waals surface area contributed by atoms with Crippen LogP contribution in [0.3, 0.4) is 0 Å². The standard InChI is InChI=1S/C19H15N5O4S/c20-17(26)16(25)13(9-11-10-28-19-12(11)5-8-29-19)23-18(27)14-4-7-22-24(14)15-3-1-2-6-21-15/h1-8,10,13H,9H2,(H2,20,26)(H,23,27). The smallest absolute Gasteiger partial charge is 0.287 e. The Bertz CT molecular complexity index is 1190. The van der Waals surface area contributed by atoms with Gasteiger partial charge in [-0.3, -0.25) is 14.4 Å². The van der Waals surface area contributed by atoms with Crippen LogP contribution in [0.1, 0.15) is 16.1 Å². The molecule has 1 unspecified atom stereocenters. The van der Waals surface area contributed by atoms with Crippen molar-refractivity contribution >= 4 is 39.2 Å². The molecule has 10 heteroatoms. The van der Waals surface area contributed by atoms with Crippen molar-refractivity contribution in [1.29, 1.82) is 0 Å². The van der Waals surface area contributed by atoms with E-state index in [-0.39, 0.29) is 12.1 Å². The van der Waals surface area contributed by atoms with Gasteiger partial charge in [0, 0.05) is 23.6 Å². The summed E-state index contributed by atoms with van der Waals surface area (Å²) in [5, 5.41) is 9.38. The van der Waals surface area contributed by atoms with Crippen LogP contribution in [0.5, 0.6) is 0 Å². The Labute approximate surface area is 168 Å². The van der Waals surface area contributed by atoms with Gasteiger partial charge in [-0.15, -0.1) is 11.3 Å². The van der Waals surface area contributed by atoms with Crippen LogP contribution >= 0.6 is 11.3 Å². The van der Waals surface area contributed by atoms with E-state index < -0.39 is 23.6 Å². The second-order valence-electron chi connectivity index (χ2n) is 6.16. The zero-order valence-corrected chi connectivity index (χ0v) is 15.8. The summed E-state index contributed by atoms with van der Waals surface area (Å²) in [4.78, 5) is 41.6. The monoisotopic (exact) mass is 409 g/mol. The SMILES string of the molecule is NC(=O)C(=O)C(Cc1coc2sccc12)NC(=O)c1ccnn1-c1ccccn1. The third kappa shape index (κ3) is 3.65. The molecule has 2 amide bonds. The van der Waals surface area contributed by atoms with E-state index >= 15 is 0 Å². The summed E-state index contributed by atoms with van der Waals surface area (Å²) in [6.45, 7) is 0.